The second kappa shape index (κ2) is 8.24. The molecule has 0 spiro atoms. The molecule has 1 aliphatic rings. The highest BCUT2D eigenvalue weighted by atomic mass is 35.5. The van der Waals surface area contributed by atoms with E-state index >= 15 is 0 Å². The van der Waals surface area contributed by atoms with Crippen LogP contribution in [-0.2, 0) is 4.79 Å². The van der Waals surface area contributed by atoms with Crippen molar-refractivity contribution in [3.63, 3.8) is 0 Å². The number of hydrogen-bond acceptors (Lipinski definition) is 6. The summed E-state index contributed by atoms with van der Waals surface area (Å²) in [5.41, 5.74) is 12.5. The summed E-state index contributed by atoms with van der Waals surface area (Å²) in [4.78, 5) is 24.6. The van der Waals surface area contributed by atoms with Crippen LogP contribution in [0.15, 0.2) is 40.3 Å². The van der Waals surface area contributed by atoms with E-state index in [-0.39, 0.29) is 17.9 Å². The summed E-state index contributed by atoms with van der Waals surface area (Å²) < 4.78 is 0. The SMILES string of the molecule is CC(=O)N1CCC(CN)CC1c1nc(N)ncc1Sc1ccc(Cl)cc1. The molecule has 1 aromatic carbocycles. The largest absolute Gasteiger partial charge is 0.368 e. The highest BCUT2D eigenvalue weighted by Gasteiger charge is 2.33. The predicted octanol–water partition coefficient (Wildman–Crippen LogP) is 3.12. The van der Waals surface area contributed by atoms with Crippen molar-refractivity contribution in [2.75, 3.05) is 18.8 Å². The van der Waals surface area contributed by atoms with Gasteiger partial charge in [0.05, 0.1) is 16.6 Å². The number of piperidine rings is 1. The Kier molecular flexibility index (Phi) is 6.01. The summed E-state index contributed by atoms with van der Waals surface area (Å²) in [6, 6.07) is 7.43. The third kappa shape index (κ3) is 4.28. The van der Waals surface area contributed by atoms with Crippen LogP contribution in [0.1, 0.15) is 31.5 Å². The highest BCUT2D eigenvalue weighted by molar-refractivity contribution is 7.99. The van der Waals surface area contributed by atoms with Gasteiger partial charge in [-0.15, -0.1) is 0 Å². The number of benzene rings is 1. The van der Waals surface area contributed by atoms with E-state index < -0.39 is 0 Å². The van der Waals surface area contributed by atoms with Gasteiger partial charge in [-0.1, -0.05) is 23.4 Å². The maximum atomic E-state index is 12.2. The molecule has 1 saturated heterocycles. The van der Waals surface area contributed by atoms with E-state index in [1.165, 1.54) is 11.8 Å². The molecule has 1 aliphatic heterocycles. The molecule has 0 saturated carbocycles. The molecule has 2 unspecified atom stereocenters. The Labute approximate surface area is 162 Å². The van der Waals surface area contributed by atoms with Gasteiger partial charge in [-0.2, -0.15) is 0 Å². The van der Waals surface area contributed by atoms with Crippen molar-refractivity contribution in [2.24, 2.45) is 11.7 Å². The fraction of sp³-hybridized carbons (Fsp3) is 0.389. The average Bonchev–Trinajstić information content (AvgIpc) is 2.64. The van der Waals surface area contributed by atoms with Crippen LogP contribution < -0.4 is 11.5 Å². The van der Waals surface area contributed by atoms with Gasteiger partial charge in [-0.3, -0.25) is 4.79 Å². The molecule has 1 amide bonds. The highest BCUT2D eigenvalue weighted by Crippen LogP contribution is 2.39. The Morgan fingerprint density at radius 3 is 2.77 bits per heavy atom. The maximum absolute atomic E-state index is 12.2. The fourth-order valence-corrected chi connectivity index (χ4v) is 4.28. The molecule has 0 aliphatic carbocycles. The van der Waals surface area contributed by atoms with Gasteiger partial charge in [-0.25, -0.2) is 9.97 Å². The minimum absolute atomic E-state index is 0.0325. The smallest absolute Gasteiger partial charge is 0.220 e. The lowest BCUT2D eigenvalue weighted by molar-refractivity contribution is -0.133. The first-order valence-corrected chi connectivity index (χ1v) is 9.70. The van der Waals surface area contributed by atoms with Gasteiger partial charge >= 0.3 is 0 Å². The standard InChI is InChI=1S/C18H22ClN5OS/c1-11(25)24-7-6-12(9-20)8-15(24)17-16(10-22-18(21)23-17)26-14-4-2-13(19)3-5-14/h2-5,10,12,15H,6-9,20H2,1H3,(H2,21,22,23). The molecule has 0 radical (unpaired) electrons. The van der Waals surface area contributed by atoms with Crippen molar-refractivity contribution in [2.45, 2.75) is 35.6 Å². The van der Waals surface area contributed by atoms with Crippen LogP contribution in [0.5, 0.6) is 0 Å². The molecular formula is C18H22ClN5OS. The van der Waals surface area contributed by atoms with Gasteiger partial charge in [-0.05, 0) is 49.6 Å². The molecule has 1 aromatic heterocycles. The number of aromatic nitrogens is 2. The molecule has 0 bridgehead atoms. The Balaban J connectivity index is 1.97. The first-order valence-electron chi connectivity index (χ1n) is 8.51. The zero-order chi connectivity index (χ0) is 18.7. The summed E-state index contributed by atoms with van der Waals surface area (Å²) in [5, 5.41) is 0.684. The predicted molar refractivity (Wildman–Crippen MR) is 104 cm³/mol. The first-order chi connectivity index (χ1) is 12.5. The van der Waals surface area contributed by atoms with Crippen LogP contribution >= 0.6 is 23.4 Å². The van der Waals surface area contributed by atoms with E-state index in [0.717, 1.165) is 28.3 Å². The number of carbonyl (C=O) groups excluding carboxylic acids is 1. The number of halogens is 1. The zero-order valence-electron chi connectivity index (χ0n) is 14.6. The molecule has 3 rings (SSSR count). The summed E-state index contributed by atoms with van der Waals surface area (Å²) >= 11 is 7.51. The van der Waals surface area contributed by atoms with Crippen molar-refractivity contribution < 1.29 is 4.79 Å². The molecule has 1 fully saturated rings. The second-order valence-corrected chi connectivity index (χ2v) is 7.94. The Bertz CT molecular complexity index is 786. The van der Waals surface area contributed by atoms with E-state index in [4.69, 9.17) is 23.1 Å². The third-order valence-corrected chi connectivity index (χ3v) is 5.90. The molecule has 138 valence electrons. The third-order valence-electron chi connectivity index (χ3n) is 4.61. The first kappa shape index (κ1) is 18.9. The normalized spacial score (nSPS) is 20.2. The van der Waals surface area contributed by atoms with E-state index in [2.05, 4.69) is 9.97 Å². The van der Waals surface area contributed by atoms with Crippen LogP contribution in [-0.4, -0.2) is 33.9 Å². The summed E-state index contributed by atoms with van der Waals surface area (Å²) in [7, 11) is 0. The van der Waals surface area contributed by atoms with Gasteiger partial charge < -0.3 is 16.4 Å². The van der Waals surface area contributed by atoms with Crippen LogP contribution in [0.2, 0.25) is 5.02 Å². The molecule has 26 heavy (non-hydrogen) atoms. The monoisotopic (exact) mass is 391 g/mol. The molecule has 8 heteroatoms. The fourth-order valence-electron chi connectivity index (χ4n) is 3.23. The lowest BCUT2D eigenvalue weighted by Crippen LogP contribution is -2.42. The quantitative estimate of drug-likeness (QED) is 0.830. The zero-order valence-corrected chi connectivity index (χ0v) is 16.1. The van der Waals surface area contributed by atoms with Crippen molar-refractivity contribution in [3.05, 3.63) is 41.2 Å². The lowest BCUT2D eigenvalue weighted by atomic mass is 9.89. The molecule has 2 heterocycles. The number of amides is 1. The summed E-state index contributed by atoms with van der Waals surface area (Å²) in [5.74, 6) is 0.601. The van der Waals surface area contributed by atoms with Crippen LogP contribution in [0, 0.1) is 5.92 Å². The number of anilines is 1. The van der Waals surface area contributed by atoms with Crippen LogP contribution in [0.3, 0.4) is 0 Å². The topological polar surface area (TPSA) is 98.1 Å². The van der Waals surface area contributed by atoms with Crippen molar-refractivity contribution in [1.29, 1.82) is 0 Å². The molecule has 2 aromatic rings. The van der Waals surface area contributed by atoms with Crippen LogP contribution in [0.4, 0.5) is 5.95 Å². The lowest BCUT2D eigenvalue weighted by Gasteiger charge is -2.39. The van der Waals surface area contributed by atoms with E-state index in [9.17, 15) is 4.79 Å². The molecule has 4 N–H and O–H groups in total. The molecular weight excluding hydrogens is 370 g/mol. The van der Waals surface area contributed by atoms with Crippen LogP contribution in [0.25, 0.3) is 0 Å². The van der Waals surface area contributed by atoms with Crippen molar-refractivity contribution >= 4 is 35.2 Å². The van der Waals surface area contributed by atoms with E-state index in [1.54, 1.807) is 13.1 Å². The average molecular weight is 392 g/mol. The number of likely N-dealkylation sites (tertiary alicyclic amines) is 1. The Morgan fingerprint density at radius 1 is 1.38 bits per heavy atom. The van der Waals surface area contributed by atoms with Crippen molar-refractivity contribution in [1.82, 2.24) is 14.9 Å². The van der Waals surface area contributed by atoms with Crippen molar-refractivity contribution in [3.8, 4) is 0 Å². The van der Waals surface area contributed by atoms with Gasteiger partial charge in [0.25, 0.3) is 0 Å². The number of rotatable bonds is 4. The minimum Gasteiger partial charge on any atom is -0.368 e. The summed E-state index contributed by atoms with van der Waals surface area (Å²) in [6.07, 6.45) is 3.41. The Morgan fingerprint density at radius 2 is 2.12 bits per heavy atom. The van der Waals surface area contributed by atoms with E-state index in [1.807, 2.05) is 29.2 Å². The Hall–Kier alpha value is -1.83. The maximum Gasteiger partial charge on any atom is 0.220 e. The van der Waals surface area contributed by atoms with Gasteiger partial charge in [0.15, 0.2) is 0 Å². The number of nitrogens with zero attached hydrogens (tertiary/aromatic N) is 3. The van der Waals surface area contributed by atoms with Gasteiger partial charge in [0.1, 0.15) is 0 Å². The summed E-state index contributed by atoms with van der Waals surface area (Å²) in [6.45, 7) is 2.87. The number of hydrogen-bond donors (Lipinski definition) is 2. The van der Waals surface area contributed by atoms with E-state index in [0.29, 0.717) is 24.0 Å². The second-order valence-electron chi connectivity index (χ2n) is 6.39. The number of carbonyl (C=O) groups is 1. The number of nitrogen functional groups attached to an aromatic ring is 1. The molecule has 2 atom stereocenters. The molecule has 6 nitrogen and oxygen atoms in total. The van der Waals surface area contributed by atoms with Gasteiger partial charge in [0.2, 0.25) is 11.9 Å². The minimum atomic E-state index is -0.144. The number of nitrogens with two attached hydrogens (primary N) is 2. The van der Waals surface area contributed by atoms with Gasteiger partial charge in [0, 0.05) is 29.6 Å².